The molecule has 0 unspecified atom stereocenters. The van der Waals surface area contributed by atoms with E-state index in [1.807, 2.05) is 12.1 Å². The van der Waals surface area contributed by atoms with Crippen LogP contribution >= 0.6 is 0 Å². The fraction of sp³-hybridized carbons (Fsp3) is 0.321. The average molecular weight is 396 g/mol. The number of carbonyl (C=O) groups is 1. The van der Waals surface area contributed by atoms with Crippen LogP contribution in [-0.4, -0.2) is 5.91 Å². The van der Waals surface area contributed by atoms with E-state index in [0.717, 1.165) is 24.1 Å². The molecule has 3 aliphatic carbocycles. The Kier molecular flexibility index (Phi) is 4.73. The highest BCUT2D eigenvalue weighted by Gasteiger charge is 2.51. The third-order valence-electron chi connectivity index (χ3n) is 7.37. The summed E-state index contributed by atoms with van der Waals surface area (Å²) in [4.78, 5) is 13.8. The summed E-state index contributed by atoms with van der Waals surface area (Å²) in [6.45, 7) is 6.42. The van der Waals surface area contributed by atoms with Gasteiger partial charge in [0.1, 0.15) is 0 Å². The van der Waals surface area contributed by atoms with Gasteiger partial charge in [-0.15, -0.1) is 0 Å². The van der Waals surface area contributed by atoms with Gasteiger partial charge in [-0.25, -0.2) is 0 Å². The molecule has 6 rings (SSSR count). The summed E-state index contributed by atoms with van der Waals surface area (Å²) in [5, 5.41) is 3.32. The van der Waals surface area contributed by atoms with E-state index in [9.17, 15) is 4.79 Å². The van der Waals surface area contributed by atoms with Gasteiger partial charge in [-0.3, -0.25) is 4.79 Å². The van der Waals surface area contributed by atoms with Gasteiger partial charge in [0.2, 0.25) is 5.91 Å². The number of fused-ring (bicyclic) bond motifs is 1. The van der Waals surface area contributed by atoms with Crippen LogP contribution in [0.15, 0.2) is 66.7 Å². The molecule has 3 aromatic rings. The predicted molar refractivity (Wildman–Crippen MR) is 123 cm³/mol. The van der Waals surface area contributed by atoms with Crippen LogP contribution in [0.4, 0.5) is 5.69 Å². The van der Waals surface area contributed by atoms with Crippen LogP contribution in [0.1, 0.15) is 65.0 Å². The van der Waals surface area contributed by atoms with Gasteiger partial charge in [-0.2, -0.15) is 0 Å². The largest absolute Gasteiger partial charge is 0.326 e. The van der Waals surface area contributed by atoms with E-state index in [2.05, 4.69) is 80.7 Å². The van der Waals surface area contributed by atoms with Crippen LogP contribution in [0.2, 0.25) is 0 Å². The third-order valence-corrected chi connectivity index (χ3v) is 7.37. The molecule has 0 fully saturated rings. The predicted octanol–water partition coefficient (Wildman–Crippen LogP) is 6.57. The number of amides is 1. The third kappa shape index (κ3) is 2.81. The number of benzene rings is 3. The Hall–Kier alpha value is -2.87. The summed E-state index contributed by atoms with van der Waals surface area (Å²) in [5.74, 6) is 0.886. The molecular formula is C28H29NO. The van der Waals surface area contributed by atoms with Gasteiger partial charge >= 0.3 is 0 Å². The molecule has 152 valence electrons. The Morgan fingerprint density at radius 2 is 1.37 bits per heavy atom. The van der Waals surface area contributed by atoms with Crippen molar-refractivity contribution < 1.29 is 4.79 Å². The van der Waals surface area contributed by atoms with E-state index in [-0.39, 0.29) is 17.7 Å². The molecular weight excluding hydrogens is 366 g/mol. The normalized spacial score (nSPS) is 23.6. The van der Waals surface area contributed by atoms with Crippen LogP contribution in [-0.2, 0) is 4.79 Å². The van der Waals surface area contributed by atoms with Crippen molar-refractivity contribution in [3.8, 4) is 0 Å². The van der Waals surface area contributed by atoms with Crippen molar-refractivity contribution in [3.63, 3.8) is 0 Å². The topological polar surface area (TPSA) is 29.1 Å². The van der Waals surface area contributed by atoms with Gasteiger partial charge in [0, 0.05) is 17.5 Å². The molecule has 0 aromatic heterocycles. The molecule has 0 spiro atoms. The molecule has 1 amide bonds. The van der Waals surface area contributed by atoms with Crippen molar-refractivity contribution in [3.05, 3.63) is 100 Å². The monoisotopic (exact) mass is 395 g/mol. The minimum atomic E-state index is -0.0420. The fourth-order valence-electron chi connectivity index (χ4n) is 5.92. The molecule has 3 aliphatic rings. The number of rotatable bonds is 4. The highest BCUT2D eigenvalue weighted by Crippen LogP contribution is 2.59. The standard InChI is InChI=1S/C28H29NO/c1-4-10-23-25-19-12-5-7-14-21(19)26(22-15-8-6-13-20(22)25)27(23)28(30)29-24-16-9-11-17(2)18(24)3/h5-9,11-16,23,25-27H,4,10H2,1-3H3,(H,29,30)/t23-,25?,26?,27-/m0/s1. The molecule has 2 bridgehead atoms. The first kappa shape index (κ1) is 19.1. The van der Waals surface area contributed by atoms with Crippen LogP contribution in [0.3, 0.4) is 0 Å². The summed E-state index contributed by atoms with van der Waals surface area (Å²) in [7, 11) is 0. The van der Waals surface area contributed by atoms with Crippen molar-refractivity contribution in [1.82, 2.24) is 0 Å². The maximum Gasteiger partial charge on any atom is 0.228 e. The Bertz CT molecular complexity index is 1070. The Morgan fingerprint density at radius 3 is 1.93 bits per heavy atom. The van der Waals surface area contributed by atoms with Gasteiger partial charge in [0.15, 0.2) is 0 Å². The Balaban J connectivity index is 1.63. The lowest BCUT2D eigenvalue weighted by Gasteiger charge is -2.50. The number of carbonyl (C=O) groups excluding carboxylic acids is 1. The van der Waals surface area contributed by atoms with Gasteiger partial charge in [-0.1, -0.05) is 74.0 Å². The molecule has 1 N–H and O–H groups in total. The van der Waals surface area contributed by atoms with Gasteiger partial charge < -0.3 is 5.32 Å². The highest BCUT2D eigenvalue weighted by molar-refractivity contribution is 5.95. The van der Waals surface area contributed by atoms with Crippen LogP contribution in [0.5, 0.6) is 0 Å². The first-order valence-corrected chi connectivity index (χ1v) is 11.2. The van der Waals surface area contributed by atoms with Crippen LogP contribution < -0.4 is 5.32 Å². The van der Waals surface area contributed by atoms with Gasteiger partial charge in [-0.05, 0) is 65.6 Å². The second kappa shape index (κ2) is 7.43. The molecule has 0 saturated heterocycles. The quantitative estimate of drug-likeness (QED) is 0.532. The lowest BCUT2D eigenvalue weighted by atomic mass is 9.53. The lowest BCUT2D eigenvalue weighted by Crippen LogP contribution is -2.45. The van der Waals surface area contributed by atoms with E-state index in [0.29, 0.717) is 11.8 Å². The van der Waals surface area contributed by atoms with E-state index >= 15 is 0 Å². The molecule has 2 nitrogen and oxygen atoms in total. The average Bonchev–Trinajstić information content (AvgIpc) is 2.77. The highest BCUT2D eigenvalue weighted by atomic mass is 16.1. The molecule has 3 aromatic carbocycles. The van der Waals surface area contributed by atoms with Crippen molar-refractivity contribution in [2.24, 2.45) is 11.8 Å². The van der Waals surface area contributed by atoms with Crippen LogP contribution in [0.25, 0.3) is 0 Å². The number of hydrogen-bond donors (Lipinski definition) is 1. The number of aryl methyl sites for hydroxylation is 1. The molecule has 2 heteroatoms. The number of anilines is 1. The molecule has 0 saturated carbocycles. The fourth-order valence-corrected chi connectivity index (χ4v) is 5.92. The van der Waals surface area contributed by atoms with Gasteiger partial charge in [0.05, 0.1) is 5.92 Å². The van der Waals surface area contributed by atoms with Crippen molar-refractivity contribution in [2.75, 3.05) is 5.32 Å². The zero-order valence-electron chi connectivity index (χ0n) is 18.0. The second-order valence-electron chi connectivity index (χ2n) is 8.93. The van der Waals surface area contributed by atoms with Crippen molar-refractivity contribution in [1.29, 1.82) is 0 Å². The van der Waals surface area contributed by atoms with Crippen molar-refractivity contribution >= 4 is 11.6 Å². The minimum Gasteiger partial charge on any atom is -0.326 e. The summed E-state index contributed by atoms with van der Waals surface area (Å²) in [6.07, 6.45) is 2.15. The Morgan fingerprint density at radius 1 is 0.800 bits per heavy atom. The molecule has 0 heterocycles. The van der Waals surface area contributed by atoms with E-state index in [4.69, 9.17) is 0 Å². The van der Waals surface area contributed by atoms with Gasteiger partial charge in [0.25, 0.3) is 0 Å². The van der Waals surface area contributed by atoms with E-state index in [1.165, 1.54) is 27.8 Å². The summed E-state index contributed by atoms with van der Waals surface area (Å²) >= 11 is 0. The number of hydrogen-bond acceptors (Lipinski definition) is 1. The van der Waals surface area contributed by atoms with Crippen molar-refractivity contribution in [2.45, 2.75) is 45.4 Å². The molecule has 0 radical (unpaired) electrons. The summed E-state index contributed by atoms with van der Waals surface area (Å²) in [5.41, 5.74) is 8.84. The second-order valence-corrected chi connectivity index (χ2v) is 8.93. The zero-order chi connectivity index (χ0) is 20.8. The van der Waals surface area contributed by atoms with E-state index in [1.54, 1.807) is 0 Å². The molecule has 30 heavy (non-hydrogen) atoms. The SMILES string of the molecule is CCC[C@H]1C2c3ccccc3C(c3ccccc32)[C@H]1C(=O)Nc1cccc(C)c1C. The molecule has 2 atom stereocenters. The maximum absolute atomic E-state index is 13.8. The summed E-state index contributed by atoms with van der Waals surface area (Å²) < 4.78 is 0. The zero-order valence-corrected chi connectivity index (χ0v) is 18.0. The maximum atomic E-state index is 13.8. The van der Waals surface area contributed by atoms with Crippen LogP contribution in [0, 0.1) is 25.7 Å². The lowest BCUT2D eigenvalue weighted by molar-refractivity contribution is -0.123. The first-order chi connectivity index (χ1) is 14.6. The smallest absolute Gasteiger partial charge is 0.228 e. The number of nitrogens with one attached hydrogen (secondary N) is 1. The summed E-state index contributed by atoms with van der Waals surface area (Å²) in [6, 6.07) is 23.7. The van der Waals surface area contributed by atoms with E-state index < -0.39 is 0 Å². The Labute approximate surface area is 179 Å². The first-order valence-electron chi connectivity index (χ1n) is 11.2. The minimum absolute atomic E-state index is 0.0420. The molecule has 0 aliphatic heterocycles.